The zero-order valence-corrected chi connectivity index (χ0v) is 14.5. The molecule has 4 atom stereocenters. The lowest BCUT2D eigenvalue weighted by molar-refractivity contribution is 0.264. The van der Waals surface area contributed by atoms with E-state index < -0.39 is 0 Å². The second-order valence-corrected chi connectivity index (χ2v) is 8.11. The molecule has 0 heterocycles. The van der Waals surface area contributed by atoms with E-state index in [9.17, 15) is 0 Å². The fraction of sp³-hybridized carbons (Fsp3) is 0.700. The molecule has 4 unspecified atom stereocenters. The summed E-state index contributed by atoms with van der Waals surface area (Å²) >= 11 is 0. The van der Waals surface area contributed by atoms with Crippen LogP contribution in [0.4, 0.5) is 0 Å². The Morgan fingerprint density at radius 3 is 2.33 bits per heavy atom. The minimum atomic E-state index is 0.347. The molecule has 0 bridgehead atoms. The molecule has 1 heteroatoms. The predicted molar refractivity (Wildman–Crippen MR) is 92.4 cm³/mol. The van der Waals surface area contributed by atoms with Crippen LogP contribution in [0, 0.1) is 17.3 Å². The van der Waals surface area contributed by atoms with E-state index in [4.69, 9.17) is 0 Å². The van der Waals surface area contributed by atoms with E-state index in [0.717, 1.165) is 11.8 Å². The molecule has 0 radical (unpaired) electrons. The normalized spacial score (nSPS) is 27.8. The molecule has 21 heavy (non-hydrogen) atoms. The van der Waals surface area contributed by atoms with Gasteiger partial charge in [-0.25, -0.2) is 0 Å². The van der Waals surface area contributed by atoms with E-state index in [-0.39, 0.29) is 0 Å². The molecule has 118 valence electrons. The minimum absolute atomic E-state index is 0.347. The van der Waals surface area contributed by atoms with Crippen LogP contribution in [0.25, 0.3) is 0 Å². The topological polar surface area (TPSA) is 12.0 Å². The largest absolute Gasteiger partial charge is 0.307 e. The maximum atomic E-state index is 4.00. The SMILES string of the molecule is CCC1CCC(NC(CC(C)(C)C)c2ccccc2)C1C. The Kier molecular flexibility index (Phi) is 5.48. The van der Waals surface area contributed by atoms with Crippen molar-refractivity contribution in [2.24, 2.45) is 17.3 Å². The van der Waals surface area contributed by atoms with Crippen LogP contribution in [0.15, 0.2) is 30.3 Å². The van der Waals surface area contributed by atoms with Crippen molar-refractivity contribution in [3.05, 3.63) is 35.9 Å². The van der Waals surface area contributed by atoms with E-state index in [0.29, 0.717) is 17.5 Å². The molecule has 1 aliphatic rings. The van der Waals surface area contributed by atoms with Crippen LogP contribution in [-0.2, 0) is 0 Å². The molecule has 1 nitrogen and oxygen atoms in total. The highest BCUT2D eigenvalue weighted by Gasteiger charge is 2.33. The van der Waals surface area contributed by atoms with Crippen molar-refractivity contribution in [3.63, 3.8) is 0 Å². The highest BCUT2D eigenvalue weighted by atomic mass is 15.0. The summed E-state index contributed by atoms with van der Waals surface area (Å²) in [5.41, 5.74) is 1.79. The van der Waals surface area contributed by atoms with Crippen LogP contribution in [0.2, 0.25) is 0 Å². The van der Waals surface area contributed by atoms with Crippen LogP contribution < -0.4 is 5.32 Å². The lowest BCUT2D eigenvalue weighted by atomic mass is 9.84. The number of nitrogens with one attached hydrogen (secondary N) is 1. The number of hydrogen-bond donors (Lipinski definition) is 1. The average molecular weight is 287 g/mol. The molecule has 2 rings (SSSR count). The molecule has 1 aromatic carbocycles. The summed E-state index contributed by atoms with van der Waals surface area (Å²) in [5, 5.41) is 4.00. The summed E-state index contributed by atoms with van der Waals surface area (Å²) in [6.45, 7) is 11.8. The first-order chi connectivity index (χ1) is 9.90. The Hall–Kier alpha value is -0.820. The van der Waals surface area contributed by atoms with Crippen LogP contribution in [0.5, 0.6) is 0 Å². The van der Waals surface area contributed by atoms with Gasteiger partial charge in [-0.15, -0.1) is 0 Å². The van der Waals surface area contributed by atoms with Crippen LogP contribution in [0.1, 0.15) is 71.9 Å². The van der Waals surface area contributed by atoms with Gasteiger partial charge in [0, 0.05) is 12.1 Å². The van der Waals surface area contributed by atoms with Gasteiger partial charge in [0.05, 0.1) is 0 Å². The van der Waals surface area contributed by atoms with E-state index in [2.05, 4.69) is 70.3 Å². The van der Waals surface area contributed by atoms with Gasteiger partial charge in [0.1, 0.15) is 0 Å². The molecular formula is C20H33N. The molecule has 1 N–H and O–H groups in total. The Morgan fingerprint density at radius 2 is 1.81 bits per heavy atom. The van der Waals surface area contributed by atoms with E-state index in [1.54, 1.807) is 0 Å². The van der Waals surface area contributed by atoms with Crippen molar-refractivity contribution in [1.82, 2.24) is 5.32 Å². The third kappa shape index (κ3) is 4.57. The monoisotopic (exact) mass is 287 g/mol. The number of benzene rings is 1. The van der Waals surface area contributed by atoms with Crippen LogP contribution >= 0.6 is 0 Å². The highest BCUT2D eigenvalue weighted by Crippen LogP contribution is 2.37. The van der Waals surface area contributed by atoms with Gasteiger partial charge in [-0.05, 0) is 42.1 Å². The lowest BCUT2D eigenvalue weighted by Gasteiger charge is -2.32. The van der Waals surface area contributed by atoms with E-state index in [1.807, 2.05) is 0 Å². The quantitative estimate of drug-likeness (QED) is 0.745. The fourth-order valence-corrected chi connectivity index (χ4v) is 3.89. The molecule has 0 spiro atoms. The lowest BCUT2D eigenvalue weighted by Crippen LogP contribution is -2.37. The first kappa shape index (κ1) is 16.5. The molecule has 0 saturated heterocycles. The molecule has 1 saturated carbocycles. The number of hydrogen-bond acceptors (Lipinski definition) is 1. The van der Waals surface area contributed by atoms with Gasteiger partial charge in [0.15, 0.2) is 0 Å². The van der Waals surface area contributed by atoms with Crippen LogP contribution in [-0.4, -0.2) is 6.04 Å². The zero-order valence-electron chi connectivity index (χ0n) is 14.5. The van der Waals surface area contributed by atoms with Gasteiger partial charge >= 0.3 is 0 Å². The van der Waals surface area contributed by atoms with Gasteiger partial charge < -0.3 is 5.32 Å². The third-order valence-corrected chi connectivity index (χ3v) is 5.18. The highest BCUT2D eigenvalue weighted by molar-refractivity contribution is 5.19. The van der Waals surface area contributed by atoms with Gasteiger partial charge in [-0.1, -0.05) is 71.4 Å². The summed E-state index contributed by atoms with van der Waals surface area (Å²) < 4.78 is 0. The predicted octanol–water partition coefficient (Wildman–Crippen LogP) is 5.58. The molecule has 0 amide bonds. The fourth-order valence-electron chi connectivity index (χ4n) is 3.89. The minimum Gasteiger partial charge on any atom is -0.307 e. The molecule has 1 aliphatic carbocycles. The maximum absolute atomic E-state index is 4.00. The Morgan fingerprint density at radius 1 is 1.14 bits per heavy atom. The van der Waals surface area contributed by atoms with Crippen molar-refractivity contribution in [3.8, 4) is 0 Å². The summed E-state index contributed by atoms with van der Waals surface area (Å²) in [7, 11) is 0. The molecule has 1 aromatic rings. The first-order valence-corrected chi connectivity index (χ1v) is 8.71. The van der Waals surface area contributed by atoms with Crippen molar-refractivity contribution in [1.29, 1.82) is 0 Å². The average Bonchev–Trinajstić information content (AvgIpc) is 2.78. The number of rotatable bonds is 5. The third-order valence-electron chi connectivity index (χ3n) is 5.18. The molecule has 0 aromatic heterocycles. The Labute approximate surface area is 131 Å². The molecular weight excluding hydrogens is 254 g/mol. The summed E-state index contributed by atoms with van der Waals surface area (Å²) in [4.78, 5) is 0. The zero-order chi connectivity index (χ0) is 15.5. The van der Waals surface area contributed by atoms with E-state index in [1.165, 1.54) is 31.2 Å². The van der Waals surface area contributed by atoms with Gasteiger partial charge in [0.2, 0.25) is 0 Å². The first-order valence-electron chi connectivity index (χ1n) is 8.71. The second-order valence-electron chi connectivity index (χ2n) is 8.11. The van der Waals surface area contributed by atoms with Gasteiger partial charge in [-0.2, -0.15) is 0 Å². The Bertz CT molecular complexity index is 417. The van der Waals surface area contributed by atoms with Crippen LogP contribution in [0.3, 0.4) is 0 Å². The van der Waals surface area contributed by atoms with Crippen molar-refractivity contribution < 1.29 is 0 Å². The Balaban J connectivity index is 2.10. The van der Waals surface area contributed by atoms with Gasteiger partial charge in [0.25, 0.3) is 0 Å². The van der Waals surface area contributed by atoms with Crippen molar-refractivity contribution in [2.75, 3.05) is 0 Å². The van der Waals surface area contributed by atoms with Crippen molar-refractivity contribution in [2.45, 2.75) is 72.4 Å². The van der Waals surface area contributed by atoms with Gasteiger partial charge in [-0.3, -0.25) is 0 Å². The second kappa shape index (κ2) is 6.96. The summed E-state index contributed by atoms with van der Waals surface area (Å²) in [5.74, 6) is 1.72. The van der Waals surface area contributed by atoms with Crippen molar-refractivity contribution >= 4 is 0 Å². The molecule has 1 fully saturated rings. The summed E-state index contributed by atoms with van der Waals surface area (Å²) in [6.07, 6.45) is 5.26. The maximum Gasteiger partial charge on any atom is 0.0327 e. The molecule has 0 aliphatic heterocycles. The smallest absolute Gasteiger partial charge is 0.0327 e. The van der Waals surface area contributed by atoms with E-state index >= 15 is 0 Å². The summed E-state index contributed by atoms with van der Waals surface area (Å²) in [6, 6.07) is 12.2. The standard InChI is InChI=1S/C20H33N/c1-6-16-12-13-18(15(16)2)21-19(14-20(3,4)5)17-10-8-7-9-11-17/h7-11,15-16,18-19,21H,6,12-14H2,1-5H3.